The molecule has 0 spiro atoms. The highest BCUT2D eigenvalue weighted by Crippen LogP contribution is 2.41. The van der Waals surface area contributed by atoms with Gasteiger partial charge in [-0.3, -0.25) is 14.5 Å². The molecule has 2 amide bonds. The first-order chi connectivity index (χ1) is 15.1. The molecule has 0 aromatic heterocycles. The second kappa shape index (κ2) is 8.24. The summed E-state index contributed by atoms with van der Waals surface area (Å²) in [4.78, 5) is 29.0. The molecule has 166 valence electrons. The molecule has 4 nitrogen and oxygen atoms in total. The van der Waals surface area contributed by atoms with Crippen LogP contribution in [0, 0.1) is 12.7 Å². The number of carbonyl (C=O) groups excluding carboxylic acids is 2. The molecule has 0 aliphatic carbocycles. The van der Waals surface area contributed by atoms with E-state index in [4.69, 9.17) is 0 Å². The topological polar surface area (TPSA) is 40.6 Å². The number of rotatable bonds is 4. The lowest BCUT2D eigenvalue weighted by Gasteiger charge is -2.42. The van der Waals surface area contributed by atoms with Crippen molar-refractivity contribution in [2.24, 2.45) is 0 Å². The number of nitrogens with zero attached hydrogens (tertiary/aromatic N) is 2. The summed E-state index contributed by atoms with van der Waals surface area (Å²) in [5.74, 6) is -0.792. The van der Waals surface area contributed by atoms with Crippen LogP contribution in [0.15, 0.2) is 47.4 Å². The summed E-state index contributed by atoms with van der Waals surface area (Å²) in [7, 11) is 0. The van der Waals surface area contributed by atoms with E-state index in [-0.39, 0.29) is 28.1 Å². The number of halogens is 1. The van der Waals surface area contributed by atoms with Crippen molar-refractivity contribution in [3.8, 4) is 0 Å². The largest absolute Gasteiger partial charge is 0.363 e. The Morgan fingerprint density at radius 2 is 1.78 bits per heavy atom. The van der Waals surface area contributed by atoms with E-state index in [2.05, 4.69) is 31.7 Å². The Balaban J connectivity index is 1.66. The summed E-state index contributed by atoms with van der Waals surface area (Å²) in [5.41, 5.74) is 4.95. The fourth-order valence-electron chi connectivity index (χ4n) is 4.46. The van der Waals surface area contributed by atoms with Gasteiger partial charge in [0.15, 0.2) is 0 Å². The number of fused-ring (bicyclic) bond motifs is 1. The number of benzene rings is 2. The molecule has 0 atom stereocenters. The number of allylic oxidation sites excluding steroid dienone is 1. The van der Waals surface area contributed by atoms with Gasteiger partial charge in [-0.15, -0.1) is 0 Å². The molecular weight excluding hydrogens is 423 g/mol. The van der Waals surface area contributed by atoms with E-state index < -0.39 is 5.82 Å². The highest BCUT2D eigenvalue weighted by atomic mass is 32.2. The molecule has 1 fully saturated rings. The van der Waals surface area contributed by atoms with Crippen LogP contribution < -0.4 is 4.90 Å². The summed E-state index contributed by atoms with van der Waals surface area (Å²) in [6, 6.07) is 11.0. The molecule has 1 saturated heterocycles. The van der Waals surface area contributed by atoms with Crippen molar-refractivity contribution in [2.45, 2.75) is 46.7 Å². The van der Waals surface area contributed by atoms with Crippen LogP contribution in [-0.2, 0) is 11.3 Å². The van der Waals surface area contributed by atoms with Crippen LogP contribution in [0.4, 0.5) is 14.9 Å². The second-order valence-electron chi connectivity index (χ2n) is 8.87. The van der Waals surface area contributed by atoms with Crippen molar-refractivity contribution in [2.75, 3.05) is 11.4 Å². The first-order valence-electron chi connectivity index (χ1n) is 10.7. The molecule has 0 unspecified atom stereocenters. The van der Waals surface area contributed by atoms with Crippen LogP contribution in [0.25, 0.3) is 11.6 Å². The minimum Gasteiger partial charge on any atom is -0.363 e. The molecule has 32 heavy (non-hydrogen) atoms. The number of hydrogen-bond donors (Lipinski definition) is 0. The van der Waals surface area contributed by atoms with Crippen LogP contribution in [0.2, 0.25) is 0 Å². The maximum absolute atomic E-state index is 15.1. The minimum absolute atomic E-state index is 0.206. The van der Waals surface area contributed by atoms with Crippen LogP contribution in [0.1, 0.15) is 49.9 Å². The van der Waals surface area contributed by atoms with Crippen molar-refractivity contribution in [1.29, 1.82) is 0 Å². The summed E-state index contributed by atoms with van der Waals surface area (Å²) < 4.78 is 15.1. The Morgan fingerprint density at radius 3 is 2.44 bits per heavy atom. The quantitative estimate of drug-likeness (QED) is 0.506. The molecule has 2 heterocycles. The Bertz CT molecular complexity index is 1170. The molecule has 0 N–H and O–H groups in total. The fourth-order valence-corrected chi connectivity index (χ4v) is 5.29. The minimum atomic E-state index is -0.405. The number of anilines is 1. The molecule has 2 aromatic carbocycles. The summed E-state index contributed by atoms with van der Waals surface area (Å²) in [5, 5.41) is -0.338. The van der Waals surface area contributed by atoms with Gasteiger partial charge in [0.05, 0.1) is 17.0 Å². The predicted molar refractivity (Wildman–Crippen MR) is 130 cm³/mol. The van der Waals surface area contributed by atoms with Crippen molar-refractivity contribution in [3.63, 3.8) is 0 Å². The van der Waals surface area contributed by atoms with E-state index in [1.807, 2.05) is 38.1 Å². The van der Waals surface area contributed by atoms with Crippen molar-refractivity contribution in [1.82, 2.24) is 4.90 Å². The first kappa shape index (κ1) is 22.3. The lowest BCUT2D eigenvalue weighted by atomic mass is 9.88. The highest BCUT2D eigenvalue weighted by molar-refractivity contribution is 8.18. The van der Waals surface area contributed by atoms with Gasteiger partial charge in [-0.25, -0.2) is 4.39 Å². The molecule has 0 bridgehead atoms. The van der Waals surface area contributed by atoms with E-state index in [9.17, 15) is 9.59 Å². The fraction of sp³-hybridized carbons (Fsp3) is 0.308. The smallest absolute Gasteiger partial charge is 0.293 e. The van der Waals surface area contributed by atoms with Gasteiger partial charge in [0, 0.05) is 23.4 Å². The molecule has 4 rings (SSSR count). The second-order valence-corrected chi connectivity index (χ2v) is 9.86. The third kappa shape index (κ3) is 3.99. The molecule has 2 aromatic rings. The average Bonchev–Trinajstić information content (AvgIpc) is 2.98. The lowest BCUT2D eigenvalue weighted by molar-refractivity contribution is -0.123. The Kier molecular flexibility index (Phi) is 5.76. The van der Waals surface area contributed by atoms with Crippen LogP contribution in [0.5, 0.6) is 0 Å². The molecule has 0 radical (unpaired) electrons. The Hall–Kier alpha value is -2.86. The molecule has 0 saturated carbocycles. The summed E-state index contributed by atoms with van der Waals surface area (Å²) >= 11 is 0.858. The van der Waals surface area contributed by atoms with Crippen LogP contribution >= 0.6 is 11.8 Å². The van der Waals surface area contributed by atoms with Crippen molar-refractivity contribution in [3.05, 3.63) is 75.5 Å². The third-order valence-corrected chi connectivity index (χ3v) is 6.94. The van der Waals surface area contributed by atoms with E-state index in [0.717, 1.165) is 46.3 Å². The van der Waals surface area contributed by atoms with Gasteiger partial charge in [-0.1, -0.05) is 35.9 Å². The SMILES string of the molecule is CCN1c2cc(F)c(/C=C3/SC(=O)N(Cc4ccc(C)cc4)C3=O)cc2C(C)=CC1(C)C. The number of carbonyl (C=O) groups is 2. The van der Waals surface area contributed by atoms with Gasteiger partial charge in [-0.2, -0.15) is 0 Å². The van der Waals surface area contributed by atoms with Crippen molar-refractivity contribution >= 4 is 40.2 Å². The third-order valence-electron chi connectivity index (χ3n) is 6.03. The monoisotopic (exact) mass is 450 g/mol. The van der Waals surface area contributed by atoms with Gasteiger partial charge in [0.1, 0.15) is 5.82 Å². The maximum Gasteiger partial charge on any atom is 0.293 e. The van der Waals surface area contributed by atoms with Gasteiger partial charge >= 0.3 is 0 Å². The van der Waals surface area contributed by atoms with Crippen LogP contribution in [-0.4, -0.2) is 28.1 Å². The molecule has 2 aliphatic rings. The number of thioether (sulfide) groups is 1. The summed E-state index contributed by atoms with van der Waals surface area (Å²) in [6.07, 6.45) is 3.68. The molecule has 6 heteroatoms. The summed E-state index contributed by atoms with van der Waals surface area (Å²) in [6.45, 7) is 11.2. The maximum atomic E-state index is 15.1. The zero-order valence-electron chi connectivity index (χ0n) is 19.0. The van der Waals surface area contributed by atoms with Gasteiger partial charge < -0.3 is 4.90 Å². The Labute approximate surface area is 192 Å². The van der Waals surface area contributed by atoms with E-state index in [0.29, 0.717) is 5.56 Å². The Morgan fingerprint density at radius 1 is 1.09 bits per heavy atom. The molecule has 2 aliphatic heterocycles. The predicted octanol–water partition coefficient (Wildman–Crippen LogP) is 6.39. The number of hydrogen-bond acceptors (Lipinski definition) is 4. The standard InChI is InChI=1S/C26H27FN2O2S/c1-6-29-22-13-21(27)19(11-20(22)17(3)14-26(29,4)5)12-23-24(30)28(25(31)32-23)15-18-9-7-16(2)8-10-18/h7-14H,6,15H2,1-5H3/b23-12+. The number of likely N-dealkylation sites (N-methyl/N-ethyl adjacent to an activating group) is 1. The van der Waals surface area contributed by atoms with Gasteiger partial charge in [-0.05, 0) is 75.7 Å². The number of aryl methyl sites for hydroxylation is 1. The number of amides is 2. The number of imide groups is 1. The normalized spacial score (nSPS) is 18.9. The van der Waals surface area contributed by atoms with E-state index in [1.165, 1.54) is 11.0 Å². The van der Waals surface area contributed by atoms with E-state index in [1.54, 1.807) is 12.1 Å². The zero-order chi connectivity index (χ0) is 23.2. The lowest BCUT2D eigenvalue weighted by Crippen LogP contribution is -2.45. The zero-order valence-corrected chi connectivity index (χ0v) is 19.8. The van der Waals surface area contributed by atoms with Gasteiger partial charge in [0.25, 0.3) is 11.1 Å². The highest BCUT2D eigenvalue weighted by Gasteiger charge is 2.36. The van der Waals surface area contributed by atoms with Crippen molar-refractivity contribution < 1.29 is 14.0 Å². The average molecular weight is 451 g/mol. The van der Waals surface area contributed by atoms with Gasteiger partial charge in [0.2, 0.25) is 0 Å². The van der Waals surface area contributed by atoms with Crippen LogP contribution in [0.3, 0.4) is 0 Å². The van der Waals surface area contributed by atoms with E-state index >= 15 is 4.39 Å². The molecular formula is C26H27FN2O2S. The first-order valence-corrected chi connectivity index (χ1v) is 11.5.